The maximum absolute atomic E-state index is 10.7. The van der Waals surface area contributed by atoms with Gasteiger partial charge in [-0.25, -0.2) is 0 Å². The van der Waals surface area contributed by atoms with Gasteiger partial charge in [-0.1, -0.05) is 0 Å². The van der Waals surface area contributed by atoms with Gasteiger partial charge in [0.05, 0.1) is 0 Å². The van der Waals surface area contributed by atoms with Crippen molar-refractivity contribution in [3.63, 3.8) is 0 Å². The zero-order chi connectivity index (χ0) is 9.72. The first-order valence-corrected chi connectivity index (χ1v) is 3.24. The van der Waals surface area contributed by atoms with E-state index >= 15 is 0 Å². The molecule has 0 bridgehead atoms. The SMILES string of the molecule is CNC(=O)C(=O)NC(C)C(=O)O. The van der Waals surface area contributed by atoms with Gasteiger partial charge in [-0.2, -0.15) is 0 Å². The second-order valence-electron chi connectivity index (χ2n) is 2.11. The fourth-order valence-electron chi connectivity index (χ4n) is 0.437. The first-order valence-electron chi connectivity index (χ1n) is 3.24. The van der Waals surface area contributed by atoms with E-state index in [1.54, 1.807) is 0 Å². The Morgan fingerprint density at radius 3 is 2.08 bits per heavy atom. The van der Waals surface area contributed by atoms with Gasteiger partial charge in [-0.3, -0.25) is 14.4 Å². The fourth-order valence-corrected chi connectivity index (χ4v) is 0.437. The molecule has 0 saturated carbocycles. The number of carbonyl (C=O) groups is 3. The molecule has 0 aromatic rings. The van der Waals surface area contributed by atoms with Crippen molar-refractivity contribution >= 4 is 17.8 Å². The van der Waals surface area contributed by atoms with Crippen LogP contribution in [0.2, 0.25) is 0 Å². The predicted molar refractivity (Wildman–Crippen MR) is 39.3 cm³/mol. The average Bonchev–Trinajstić information content (AvgIpc) is 2.02. The smallest absolute Gasteiger partial charge is 0.325 e. The number of carboxylic acid groups (broad SMARTS) is 1. The summed E-state index contributed by atoms with van der Waals surface area (Å²) < 4.78 is 0. The lowest BCUT2D eigenvalue weighted by atomic mass is 10.3. The van der Waals surface area contributed by atoms with Crippen LogP contribution in [0.5, 0.6) is 0 Å². The number of hydrogen-bond donors (Lipinski definition) is 3. The van der Waals surface area contributed by atoms with Crippen molar-refractivity contribution in [3.05, 3.63) is 0 Å². The molecule has 0 spiro atoms. The topological polar surface area (TPSA) is 95.5 Å². The Kier molecular flexibility index (Phi) is 3.75. The number of amides is 2. The van der Waals surface area contributed by atoms with Crippen LogP contribution in [0.3, 0.4) is 0 Å². The Labute approximate surface area is 68.9 Å². The van der Waals surface area contributed by atoms with Crippen LogP contribution < -0.4 is 10.6 Å². The summed E-state index contributed by atoms with van der Waals surface area (Å²) in [5, 5.41) is 12.4. The molecular formula is C6H10N2O4. The third-order valence-electron chi connectivity index (χ3n) is 1.15. The molecule has 6 heteroatoms. The molecule has 2 amide bonds. The zero-order valence-electron chi connectivity index (χ0n) is 6.75. The minimum Gasteiger partial charge on any atom is -0.480 e. The summed E-state index contributed by atoms with van der Waals surface area (Å²) in [5.41, 5.74) is 0. The second-order valence-corrected chi connectivity index (χ2v) is 2.11. The summed E-state index contributed by atoms with van der Waals surface area (Å²) in [6.45, 7) is 1.27. The van der Waals surface area contributed by atoms with E-state index < -0.39 is 23.8 Å². The summed E-state index contributed by atoms with van der Waals surface area (Å²) in [5.74, 6) is -3.00. The van der Waals surface area contributed by atoms with Crippen LogP contribution in [0, 0.1) is 0 Å². The van der Waals surface area contributed by atoms with Gasteiger partial charge in [-0.05, 0) is 6.92 Å². The Bertz CT molecular complexity index is 214. The first-order chi connectivity index (χ1) is 5.49. The Morgan fingerprint density at radius 2 is 1.75 bits per heavy atom. The summed E-state index contributed by atoms with van der Waals surface area (Å²) in [6.07, 6.45) is 0. The van der Waals surface area contributed by atoms with Crippen molar-refractivity contribution < 1.29 is 19.5 Å². The first kappa shape index (κ1) is 10.4. The lowest BCUT2D eigenvalue weighted by Crippen LogP contribution is -2.45. The summed E-state index contributed by atoms with van der Waals surface area (Å²) in [4.78, 5) is 31.5. The standard InChI is InChI=1S/C6H10N2O4/c1-3(6(11)12)8-5(10)4(9)7-2/h3H,1-2H3,(H,7,9)(H,8,10)(H,11,12). The summed E-state index contributed by atoms with van der Waals surface area (Å²) in [6, 6.07) is -1.06. The molecule has 0 saturated heterocycles. The van der Waals surface area contributed by atoms with E-state index in [1.165, 1.54) is 14.0 Å². The van der Waals surface area contributed by atoms with Crippen LogP contribution >= 0.6 is 0 Å². The number of likely N-dealkylation sites (N-methyl/N-ethyl adjacent to an activating group) is 1. The highest BCUT2D eigenvalue weighted by atomic mass is 16.4. The minimum atomic E-state index is -1.19. The van der Waals surface area contributed by atoms with Crippen LogP contribution in [0.1, 0.15) is 6.92 Å². The van der Waals surface area contributed by atoms with E-state index in [1.807, 2.05) is 5.32 Å². The third kappa shape index (κ3) is 3.00. The predicted octanol–water partition coefficient (Wildman–Crippen LogP) is -1.68. The van der Waals surface area contributed by atoms with Crippen molar-refractivity contribution in [2.24, 2.45) is 0 Å². The normalized spacial score (nSPS) is 11.5. The van der Waals surface area contributed by atoms with E-state index in [2.05, 4.69) is 5.32 Å². The van der Waals surface area contributed by atoms with Gasteiger partial charge >= 0.3 is 17.8 Å². The van der Waals surface area contributed by atoms with Crippen molar-refractivity contribution in [2.45, 2.75) is 13.0 Å². The molecule has 0 radical (unpaired) electrons. The van der Waals surface area contributed by atoms with Crippen LogP contribution in [0.25, 0.3) is 0 Å². The average molecular weight is 174 g/mol. The molecule has 0 fully saturated rings. The second kappa shape index (κ2) is 4.32. The van der Waals surface area contributed by atoms with Crippen LogP contribution in [-0.2, 0) is 14.4 Å². The van der Waals surface area contributed by atoms with E-state index in [0.29, 0.717) is 0 Å². The number of carboxylic acids is 1. The Hall–Kier alpha value is -1.59. The van der Waals surface area contributed by atoms with Gasteiger partial charge in [0, 0.05) is 7.05 Å². The quantitative estimate of drug-likeness (QED) is 0.436. The number of carbonyl (C=O) groups excluding carboxylic acids is 2. The maximum atomic E-state index is 10.7. The molecular weight excluding hydrogens is 164 g/mol. The van der Waals surface area contributed by atoms with Gasteiger partial charge in [0.25, 0.3) is 0 Å². The number of hydrogen-bond acceptors (Lipinski definition) is 3. The van der Waals surface area contributed by atoms with E-state index in [-0.39, 0.29) is 0 Å². The van der Waals surface area contributed by atoms with E-state index in [9.17, 15) is 14.4 Å². The van der Waals surface area contributed by atoms with Gasteiger partial charge in [-0.15, -0.1) is 0 Å². The molecule has 0 heterocycles. The molecule has 0 aliphatic rings. The molecule has 0 aliphatic carbocycles. The van der Waals surface area contributed by atoms with Gasteiger partial charge in [0.1, 0.15) is 6.04 Å². The molecule has 0 rings (SSSR count). The molecule has 0 aromatic carbocycles. The highest BCUT2D eigenvalue weighted by Gasteiger charge is 2.18. The van der Waals surface area contributed by atoms with Crippen molar-refractivity contribution in [3.8, 4) is 0 Å². The van der Waals surface area contributed by atoms with E-state index in [4.69, 9.17) is 5.11 Å². The number of aliphatic carboxylic acids is 1. The molecule has 1 unspecified atom stereocenters. The van der Waals surface area contributed by atoms with Gasteiger partial charge in [0.2, 0.25) is 0 Å². The highest BCUT2D eigenvalue weighted by molar-refractivity contribution is 6.35. The third-order valence-corrected chi connectivity index (χ3v) is 1.15. The number of nitrogens with one attached hydrogen (secondary N) is 2. The number of rotatable bonds is 2. The van der Waals surface area contributed by atoms with Crippen LogP contribution in [-0.4, -0.2) is 36.0 Å². The summed E-state index contributed by atoms with van der Waals surface area (Å²) in [7, 11) is 1.29. The van der Waals surface area contributed by atoms with Crippen LogP contribution in [0.4, 0.5) is 0 Å². The van der Waals surface area contributed by atoms with Crippen molar-refractivity contribution in [1.82, 2.24) is 10.6 Å². The molecule has 0 aromatic heterocycles. The summed E-state index contributed by atoms with van der Waals surface area (Å²) >= 11 is 0. The fraction of sp³-hybridized carbons (Fsp3) is 0.500. The molecule has 3 N–H and O–H groups in total. The molecule has 1 atom stereocenters. The van der Waals surface area contributed by atoms with Gasteiger partial charge in [0.15, 0.2) is 0 Å². The van der Waals surface area contributed by atoms with Crippen LogP contribution in [0.15, 0.2) is 0 Å². The molecule has 6 nitrogen and oxygen atoms in total. The Balaban J connectivity index is 4.01. The maximum Gasteiger partial charge on any atom is 0.325 e. The van der Waals surface area contributed by atoms with Crippen molar-refractivity contribution in [1.29, 1.82) is 0 Å². The zero-order valence-corrected chi connectivity index (χ0v) is 6.75. The minimum absolute atomic E-state index is 0.858. The highest BCUT2D eigenvalue weighted by Crippen LogP contribution is 1.80. The Morgan fingerprint density at radius 1 is 1.25 bits per heavy atom. The largest absolute Gasteiger partial charge is 0.480 e. The monoisotopic (exact) mass is 174 g/mol. The van der Waals surface area contributed by atoms with E-state index in [0.717, 1.165) is 0 Å². The molecule has 68 valence electrons. The molecule has 12 heavy (non-hydrogen) atoms. The molecule has 0 aliphatic heterocycles. The van der Waals surface area contributed by atoms with Gasteiger partial charge < -0.3 is 15.7 Å². The van der Waals surface area contributed by atoms with Crippen molar-refractivity contribution in [2.75, 3.05) is 7.05 Å². The lowest BCUT2D eigenvalue weighted by molar-refractivity contribution is -0.144. The lowest BCUT2D eigenvalue weighted by Gasteiger charge is -2.07.